The molecule has 23 heavy (non-hydrogen) atoms. The number of aryl methyl sites for hydroxylation is 1. The minimum atomic E-state index is -1.05. The minimum Gasteiger partial charge on any atom is -0.492 e. The van der Waals surface area contributed by atoms with E-state index in [2.05, 4.69) is 21.2 Å². The summed E-state index contributed by atoms with van der Waals surface area (Å²) in [6.07, 6.45) is 1.05. The van der Waals surface area contributed by atoms with Gasteiger partial charge in [0.1, 0.15) is 24.5 Å². The van der Waals surface area contributed by atoms with Crippen molar-refractivity contribution in [3.05, 3.63) is 51.9 Å². The summed E-state index contributed by atoms with van der Waals surface area (Å²) in [5.74, 6) is -0.561. The number of aliphatic carboxylic acids is 1. The smallest absolute Gasteiger partial charge is 0.311 e. The summed E-state index contributed by atoms with van der Waals surface area (Å²) in [4.78, 5) is 22.9. The molecule has 0 aliphatic carbocycles. The highest BCUT2D eigenvalue weighted by molar-refractivity contribution is 9.10. The Kier molecular flexibility index (Phi) is 5.81. The SMILES string of the molecule is Cc1coc(CC(=O)O)c1C(=O)NCCOc1ccc(Br)cc1. The molecule has 0 unspecified atom stereocenters. The number of amides is 1. The number of rotatable bonds is 7. The van der Waals surface area contributed by atoms with Crippen LogP contribution in [-0.4, -0.2) is 30.1 Å². The summed E-state index contributed by atoms with van der Waals surface area (Å²) in [5.41, 5.74) is 0.878. The van der Waals surface area contributed by atoms with Crippen LogP contribution in [0.25, 0.3) is 0 Å². The fraction of sp³-hybridized carbons (Fsp3) is 0.250. The van der Waals surface area contributed by atoms with E-state index in [1.807, 2.05) is 24.3 Å². The molecule has 0 bridgehead atoms. The molecule has 1 amide bonds. The lowest BCUT2D eigenvalue weighted by Gasteiger charge is -2.08. The van der Waals surface area contributed by atoms with Crippen molar-refractivity contribution in [3.63, 3.8) is 0 Å². The van der Waals surface area contributed by atoms with E-state index in [0.717, 1.165) is 4.47 Å². The van der Waals surface area contributed by atoms with Crippen molar-refractivity contribution in [2.75, 3.05) is 13.2 Å². The molecule has 0 aliphatic heterocycles. The van der Waals surface area contributed by atoms with Gasteiger partial charge in [-0.3, -0.25) is 9.59 Å². The Bertz CT molecular complexity index is 693. The van der Waals surface area contributed by atoms with Crippen LogP contribution in [0, 0.1) is 6.92 Å². The van der Waals surface area contributed by atoms with Crippen molar-refractivity contribution >= 4 is 27.8 Å². The van der Waals surface area contributed by atoms with Crippen molar-refractivity contribution in [1.82, 2.24) is 5.32 Å². The van der Waals surface area contributed by atoms with Crippen LogP contribution < -0.4 is 10.1 Å². The van der Waals surface area contributed by atoms with Crippen molar-refractivity contribution in [1.29, 1.82) is 0 Å². The molecular formula is C16H16BrNO5. The zero-order valence-electron chi connectivity index (χ0n) is 12.5. The van der Waals surface area contributed by atoms with Gasteiger partial charge in [-0.1, -0.05) is 15.9 Å². The predicted octanol–water partition coefficient (Wildman–Crippen LogP) is 2.79. The van der Waals surface area contributed by atoms with E-state index in [1.165, 1.54) is 6.26 Å². The third-order valence-corrected chi connectivity index (χ3v) is 3.59. The van der Waals surface area contributed by atoms with Gasteiger partial charge in [0.2, 0.25) is 0 Å². The Morgan fingerprint density at radius 3 is 2.65 bits per heavy atom. The number of carboxylic acids is 1. The third kappa shape index (κ3) is 4.85. The Balaban J connectivity index is 1.86. The van der Waals surface area contributed by atoms with Crippen LogP contribution in [0.15, 0.2) is 39.4 Å². The highest BCUT2D eigenvalue weighted by Crippen LogP contribution is 2.18. The van der Waals surface area contributed by atoms with Crippen LogP contribution in [0.1, 0.15) is 21.7 Å². The van der Waals surface area contributed by atoms with Gasteiger partial charge in [-0.2, -0.15) is 0 Å². The predicted molar refractivity (Wildman–Crippen MR) is 86.8 cm³/mol. The van der Waals surface area contributed by atoms with Gasteiger partial charge in [0, 0.05) is 10.0 Å². The average Bonchev–Trinajstić information content (AvgIpc) is 2.85. The Morgan fingerprint density at radius 2 is 2.00 bits per heavy atom. The normalized spacial score (nSPS) is 10.3. The molecule has 1 aromatic heterocycles. The first-order valence-corrected chi connectivity index (χ1v) is 7.72. The molecule has 1 heterocycles. The number of nitrogens with one attached hydrogen (secondary N) is 1. The number of ether oxygens (including phenoxy) is 1. The number of benzene rings is 1. The number of hydrogen-bond acceptors (Lipinski definition) is 4. The number of carbonyl (C=O) groups is 2. The number of furan rings is 1. The largest absolute Gasteiger partial charge is 0.492 e. The molecule has 6 nitrogen and oxygen atoms in total. The van der Waals surface area contributed by atoms with Gasteiger partial charge in [-0.25, -0.2) is 0 Å². The second-order valence-corrected chi connectivity index (χ2v) is 5.76. The highest BCUT2D eigenvalue weighted by Gasteiger charge is 2.20. The van der Waals surface area contributed by atoms with Gasteiger partial charge in [0.25, 0.3) is 5.91 Å². The van der Waals surface area contributed by atoms with E-state index in [0.29, 0.717) is 24.5 Å². The number of carbonyl (C=O) groups excluding carboxylic acids is 1. The van der Waals surface area contributed by atoms with E-state index < -0.39 is 5.97 Å². The summed E-state index contributed by atoms with van der Waals surface area (Å²) in [6.45, 7) is 2.30. The maximum Gasteiger partial charge on any atom is 0.311 e. The van der Waals surface area contributed by atoms with E-state index >= 15 is 0 Å². The average molecular weight is 382 g/mol. The summed E-state index contributed by atoms with van der Waals surface area (Å²) < 4.78 is 11.6. The zero-order chi connectivity index (χ0) is 16.8. The molecule has 2 rings (SSSR count). The van der Waals surface area contributed by atoms with Gasteiger partial charge < -0.3 is 19.6 Å². The van der Waals surface area contributed by atoms with E-state index in [-0.39, 0.29) is 23.7 Å². The highest BCUT2D eigenvalue weighted by atomic mass is 79.9. The van der Waals surface area contributed by atoms with Gasteiger partial charge in [-0.15, -0.1) is 0 Å². The molecule has 0 saturated heterocycles. The van der Waals surface area contributed by atoms with E-state index in [9.17, 15) is 9.59 Å². The van der Waals surface area contributed by atoms with Crippen LogP contribution in [0.4, 0.5) is 0 Å². The van der Waals surface area contributed by atoms with Crippen molar-refractivity contribution in [3.8, 4) is 5.75 Å². The first kappa shape index (κ1) is 17.1. The maximum atomic E-state index is 12.2. The van der Waals surface area contributed by atoms with Crippen molar-refractivity contribution < 1.29 is 23.8 Å². The lowest BCUT2D eigenvalue weighted by Crippen LogP contribution is -2.29. The molecule has 1 aromatic carbocycles. The molecular weight excluding hydrogens is 366 g/mol. The summed E-state index contributed by atoms with van der Waals surface area (Å²) >= 11 is 3.34. The topological polar surface area (TPSA) is 88.8 Å². The fourth-order valence-electron chi connectivity index (χ4n) is 2.02. The van der Waals surface area contributed by atoms with Gasteiger partial charge in [-0.05, 0) is 31.2 Å². The molecule has 0 saturated carbocycles. The second-order valence-electron chi connectivity index (χ2n) is 4.85. The van der Waals surface area contributed by atoms with Crippen LogP contribution >= 0.6 is 15.9 Å². The fourth-order valence-corrected chi connectivity index (χ4v) is 2.29. The maximum absolute atomic E-state index is 12.2. The number of carboxylic acid groups (broad SMARTS) is 1. The summed E-state index contributed by atoms with van der Waals surface area (Å²) in [5, 5.41) is 11.5. The minimum absolute atomic E-state index is 0.154. The zero-order valence-corrected chi connectivity index (χ0v) is 14.1. The molecule has 0 radical (unpaired) electrons. The van der Waals surface area contributed by atoms with Gasteiger partial charge in [0.15, 0.2) is 0 Å². The third-order valence-electron chi connectivity index (χ3n) is 3.06. The molecule has 0 spiro atoms. The van der Waals surface area contributed by atoms with Crippen molar-refractivity contribution in [2.45, 2.75) is 13.3 Å². The number of halogens is 1. The molecule has 2 aromatic rings. The molecule has 7 heteroatoms. The van der Waals surface area contributed by atoms with Crippen LogP contribution in [-0.2, 0) is 11.2 Å². The first-order chi connectivity index (χ1) is 11.0. The lowest BCUT2D eigenvalue weighted by molar-refractivity contribution is -0.136. The molecule has 2 N–H and O–H groups in total. The molecule has 0 fully saturated rings. The Morgan fingerprint density at radius 1 is 1.30 bits per heavy atom. The molecule has 0 aliphatic rings. The lowest BCUT2D eigenvalue weighted by atomic mass is 10.1. The second kappa shape index (κ2) is 7.82. The summed E-state index contributed by atoms with van der Waals surface area (Å²) in [7, 11) is 0. The Labute approximate surface area is 141 Å². The van der Waals surface area contributed by atoms with E-state index in [1.54, 1.807) is 6.92 Å². The summed E-state index contributed by atoms with van der Waals surface area (Å²) in [6, 6.07) is 7.36. The van der Waals surface area contributed by atoms with Crippen LogP contribution in [0.2, 0.25) is 0 Å². The molecule has 122 valence electrons. The van der Waals surface area contributed by atoms with E-state index in [4.69, 9.17) is 14.3 Å². The van der Waals surface area contributed by atoms with Crippen molar-refractivity contribution in [2.24, 2.45) is 0 Å². The van der Waals surface area contributed by atoms with Gasteiger partial charge >= 0.3 is 5.97 Å². The van der Waals surface area contributed by atoms with Crippen LogP contribution in [0.3, 0.4) is 0 Å². The monoisotopic (exact) mass is 381 g/mol. The number of hydrogen-bond donors (Lipinski definition) is 2. The van der Waals surface area contributed by atoms with Gasteiger partial charge in [0.05, 0.1) is 18.4 Å². The molecule has 0 atom stereocenters. The Hall–Kier alpha value is -2.28. The first-order valence-electron chi connectivity index (χ1n) is 6.92. The quantitative estimate of drug-likeness (QED) is 0.719. The van der Waals surface area contributed by atoms with Crippen LogP contribution in [0.5, 0.6) is 5.75 Å². The standard InChI is InChI=1S/C16H16BrNO5/c1-10-9-23-13(8-14(19)20)15(10)16(21)18-6-7-22-12-4-2-11(17)3-5-12/h2-5,9H,6-8H2,1H3,(H,18,21)(H,19,20).